The lowest BCUT2D eigenvalue weighted by Crippen LogP contribution is -2.34. The SMILES string of the molecule is CCCNC(=O)Nc1cccc(OC(=O)N(CCC#N)c2cccc(C)c2)c1. The van der Waals surface area contributed by atoms with Gasteiger partial charge in [-0.15, -0.1) is 0 Å². The number of aryl methyl sites for hydroxylation is 1. The molecular weight excluding hydrogens is 356 g/mol. The Morgan fingerprint density at radius 3 is 2.68 bits per heavy atom. The Morgan fingerprint density at radius 2 is 1.96 bits per heavy atom. The average molecular weight is 380 g/mol. The van der Waals surface area contributed by atoms with Gasteiger partial charge in [-0.3, -0.25) is 4.90 Å². The number of urea groups is 1. The van der Waals surface area contributed by atoms with Crippen molar-refractivity contribution in [2.24, 2.45) is 0 Å². The molecule has 0 unspecified atom stereocenters. The number of carbonyl (C=O) groups excluding carboxylic acids is 2. The number of anilines is 2. The molecule has 2 rings (SSSR count). The summed E-state index contributed by atoms with van der Waals surface area (Å²) < 4.78 is 5.48. The molecule has 0 aliphatic heterocycles. The molecule has 2 N–H and O–H groups in total. The van der Waals surface area contributed by atoms with Gasteiger partial charge in [0, 0.05) is 30.5 Å². The third-order valence-corrected chi connectivity index (χ3v) is 3.81. The smallest absolute Gasteiger partial charge is 0.410 e. The number of nitrogens with zero attached hydrogens (tertiary/aromatic N) is 2. The van der Waals surface area contributed by atoms with Crippen LogP contribution in [0.2, 0.25) is 0 Å². The van der Waals surface area contributed by atoms with Crippen molar-refractivity contribution in [3.05, 3.63) is 54.1 Å². The molecule has 7 nitrogen and oxygen atoms in total. The van der Waals surface area contributed by atoms with Gasteiger partial charge in [-0.05, 0) is 43.2 Å². The van der Waals surface area contributed by atoms with Crippen LogP contribution in [0.1, 0.15) is 25.3 Å². The fraction of sp³-hybridized carbons (Fsp3) is 0.286. The lowest BCUT2D eigenvalue weighted by Gasteiger charge is -2.21. The molecule has 2 aromatic carbocycles. The quantitative estimate of drug-likeness (QED) is 0.742. The van der Waals surface area contributed by atoms with Crippen LogP contribution >= 0.6 is 0 Å². The molecule has 0 heterocycles. The molecule has 0 spiro atoms. The Kier molecular flexibility index (Phi) is 7.85. The van der Waals surface area contributed by atoms with Crippen LogP contribution in [0.4, 0.5) is 21.0 Å². The third kappa shape index (κ3) is 6.32. The number of amides is 3. The predicted octanol–water partition coefficient (Wildman–Crippen LogP) is 4.45. The van der Waals surface area contributed by atoms with Crippen molar-refractivity contribution in [1.82, 2.24) is 5.32 Å². The van der Waals surface area contributed by atoms with E-state index in [1.165, 1.54) is 4.90 Å². The van der Waals surface area contributed by atoms with Crippen LogP contribution in [0.15, 0.2) is 48.5 Å². The lowest BCUT2D eigenvalue weighted by atomic mass is 10.2. The van der Waals surface area contributed by atoms with Gasteiger partial charge in [0.1, 0.15) is 5.75 Å². The zero-order valence-electron chi connectivity index (χ0n) is 16.1. The molecular formula is C21H24N4O3. The normalized spacial score (nSPS) is 9.89. The van der Waals surface area contributed by atoms with Crippen LogP contribution in [0, 0.1) is 18.3 Å². The standard InChI is InChI=1S/C21H24N4O3/c1-3-12-23-20(26)24-17-8-5-10-19(15-17)28-21(27)25(13-6-11-22)18-9-4-7-16(2)14-18/h4-5,7-10,14-15H,3,6,12-13H2,1-2H3,(H2,23,24,26). The van der Waals surface area contributed by atoms with Gasteiger partial charge >= 0.3 is 12.1 Å². The van der Waals surface area contributed by atoms with E-state index in [9.17, 15) is 9.59 Å². The van der Waals surface area contributed by atoms with Gasteiger partial charge in [0.15, 0.2) is 0 Å². The second-order valence-electron chi connectivity index (χ2n) is 6.18. The Balaban J connectivity index is 2.11. The summed E-state index contributed by atoms with van der Waals surface area (Å²) in [6.45, 7) is 4.68. The number of nitriles is 1. The number of benzene rings is 2. The molecule has 0 fully saturated rings. The monoisotopic (exact) mass is 380 g/mol. The molecule has 7 heteroatoms. The van der Waals surface area contributed by atoms with E-state index in [1.54, 1.807) is 30.3 Å². The number of hydrogen-bond donors (Lipinski definition) is 2. The summed E-state index contributed by atoms with van der Waals surface area (Å²) in [5.41, 5.74) is 2.17. The molecule has 0 aliphatic rings. The summed E-state index contributed by atoms with van der Waals surface area (Å²) in [6.07, 6.45) is 0.429. The molecule has 2 aromatic rings. The first kappa shape index (κ1) is 20.8. The summed E-state index contributed by atoms with van der Waals surface area (Å²) >= 11 is 0. The number of hydrogen-bond acceptors (Lipinski definition) is 4. The minimum Gasteiger partial charge on any atom is -0.410 e. The van der Waals surface area contributed by atoms with Gasteiger partial charge in [-0.25, -0.2) is 9.59 Å². The molecule has 3 amide bonds. The maximum atomic E-state index is 12.7. The van der Waals surface area contributed by atoms with Gasteiger partial charge < -0.3 is 15.4 Å². The van der Waals surface area contributed by atoms with Gasteiger partial charge in [0.05, 0.1) is 12.5 Å². The van der Waals surface area contributed by atoms with Crippen LogP contribution in [0.25, 0.3) is 0 Å². The molecule has 0 atom stereocenters. The largest absolute Gasteiger partial charge is 0.419 e. The van der Waals surface area contributed by atoms with Crippen LogP contribution in [0.3, 0.4) is 0 Å². The minimum atomic E-state index is -0.589. The molecule has 28 heavy (non-hydrogen) atoms. The highest BCUT2D eigenvalue weighted by atomic mass is 16.6. The van der Waals surface area contributed by atoms with E-state index in [2.05, 4.69) is 10.6 Å². The highest BCUT2D eigenvalue weighted by Gasteiger charge is 2.18. The summed E-state index contributed by atoms with van der Waals surface area (Å²) in [5.74, 6) is 0.299. The zero-order chi connectivity index (χ0) is 20.4. The third-order valence-electron chi connectivity index (χ3n) is 3.81. The molecule has 0 saturated heterocycles. The molecule has 0 aromatic heterocycles. The average Bonchev–Trinajstić information content (AvgIpc) is 2.67. The second-order valence-corrected chi connectivity index (χ2v) is 6.18. The van der Waals surface area contributed by atoms with Gasteiger partial charge in [0.25, 0.3) is 0 Å². The summed E-state index contributed by atoms with van der Waals surface area (Å²) in [4.78, 5) is 25.9. The van der Waals surface area contributed by atoms with Crippen molar-refractivity contribution in [1.29, 1.82) is 5.26 Å². The lowest BCUT2D eigenvalue weighted by molar-refractivity contribution is 0.207. The minimum absolute atomic E-state index is 0.183. The van der Waals surface area contributed by atoms with Crippen LogP contribution < -0.4 is 20.3 Å². The van der Waals surface area contributed by atoms with E-state index in [0.29, 0.717) is 23.7 Å². The number of nitrogens with one attached hydrogen (secondary N) is 2. The van der Waals surface area contributed by atoms with Crippen molar-refractivity contribution in [2.45, 2.75) is 26.7 Å². The fourth-order valence-corrected chi connectivity index (χ4v) is 2.49. The zero-order valence-corrected chi connectivity index (χ0v) is 16.1. The topological polar surface area (TPSA) is 94.5 Å². The summed E-state index contributed by atoms with van der Waals surface area (Å²) in [5, 5.41) is 14.3. The first-order valence-corrected chi connectivity index (χ1v) is 9.11. The Morgan fingerprint density at radius 1 is 1.18 bits per heavy atom. The maximum Gasteiger partial charge on any atom is 0.419 e. The van der Waals surface area contributed by atoms with Crippen molar-refractivity contribution in [3.63, 3.8) is 0 Å². The predicted molar refractivity (Wildman–Crippen MR) is 109 cm³/mol. The van der Waals surface area contributed by atoms with E-state index in [0.717, 1.165) is 12.0 Å². The number of carbonyl (C=O) groups is 2. The van der Waals surface area contributed by atoms with Crippen LogP contribution in [0.5, 0.6) is 5.75 Å². The maximum absolute atomic E-state index is 12.7. The van der Waals surface area contributed by atoms with Crippen molar-refractivity contribution in [3.8, 4) is 11.8 Å². The van der Waals surface area contributed by atoms with E-state index in [4.69, 9.17) is 10.00 Å². The second kappa shape index (κ2) is 10.6. The molecule has 0 aliphatic carbocycles. The molecule has 0 saturated carbocycles. The van der Waals surface area contributed by atoms with E-state index in [1.807, 2.05) is 38.1 Å². The fourth-order valence-electron chi connectivity index (χ4n) is 2.49. The van der Waals surface area contributed by atoms with Gasteiger partial charge in [-0.2, -0.15) is 5.26 Å². The van der Waals surface area contributed by atoms with Crippen molar-refractivity contribution in [2.75, 3.05) is 23.3 Å². The van der Waals surface area contributed by atoms with Crippen LogP contribution in [-0.4, -0.2) is 25.2 Å². The van der Waals surface area contributed by atoms with Crippen molar-refractivity contribution >= 4 is 23.5 Å². The molecule has 0 bridgehead atoms. The van der Waals surface area contributed by atoms with Crippen molar-refractivity contribution < 1.29 is 14.3 Å². The van der Waals surface area contributed by atoms with E-state index < -0.39 is 6.09 Å². The Hall–Kier alpha value is -3.53. The highest BCUT2D eigenvalue weighted by Crippen LogP contribution is 2.21. The van der Waals surface area contributed by atoms with E-state index in [-0.39, 0.29) is 19.0 Å². The molecule has 0 radical (unpaired) electrons. The summed E-state index contributed by atoms with van der Waals surface area (Å²) in [7, 11) is 0. The van der Waals surface area contributed by atoms with Crippen LogP contribution in [-0.2, 0) is 0 Å². The van der Waals surface area contributed by atoms with Gasteiger partial charge in [-0.1, -0.05) is 25.1 Å². The first-order valence-electron chi connectivity index (χ1n) is 9.11. The Bertz CT molecular complexity index is 861. The Labute approximate surface area is 164 Å². The summed E-state index contributed by atoms with van der Waals surface area (Å²) in [6, 6.07) is 15.7. The van der Waals surface area contributed by atoms with Gasteiger partial charge in [0.2, 0.25) is 0 Å². The van der Waals surface area contributed by atoms with E-state index >= 15 is 0 Å². The molecule has 146 valence electrons. The number of rotatable bonds is 7. The number of ether oxygens (including phenoxy) is 1. The highest BCUT2D eigenvalue weighted by molar-refractivity contribution is 5.91. The first-order chi connectivity index (χ1) is 13.5.